The lowest BCUT2D eigenvalue weighted by Gasteiger charge is -2.31. The number of benzene rings is 1. The second kappa shape index (κ2) is 6.35. The molecule has 2 nitrogen and oxygen atoms in total. The average molecular weight is 352 g/mol. The van der Waals surface area contributed by atoms with E-state index < -0.39 is 11.7 Å². The van der Waals surface area contributed by atoms with E-state index in [1.54, 1.807) is 6.07 Å². The van der Waals surface area contributed by atoms with E-state index in [1.165, 1.54) is 6.07 Å². The fourth-order valence-corrected chi connectivity index (χ4v) is 2.95. The summed E-state index contributed by atoms with van der Waals surface area (Å²) >= 11 is 3.06. The van der Waals surface area contributed by atoms with Gasteiger partial charge in [-0.3, -0.25) is 0 Å². The largest absolute Gasteiger partial charge is 0.489 e. The fraction of sp³-hybridized carbons (Fsp3) is 0.571. The number of alkyl halides is 3. The molecule has 0 bridgehead atoms. The second-order valence-electron chi connectivity index (χ2n) is 5.07. The molecule has 0 aromatic heterocycles. The Labute approximate surface area is 124 Å². The zero-order valence-electron chi connectivity index (χ0n) is 10.9. The summed E-state index contributed by atoms with van der Waals surface area (Å²) in [7, 11) is 0. The van der Waals surface area contributed by atoms with Gasteiger partial charge < -0.3 is 10.5 Å². The second-order valence-corrected chi connectivity index (χ2v) is 5.99. The van der Waals surface area contributed by atoms with Crippen LogP contribution in [0.3, 0.4) is 0 Å². The van der Waals surface area contributed by atoms with Crippen molar-refractivity contribution < 1.29 is 17.9 Å². The van der Waals surface area contributed by atoms with Crippen LogP contribution in [0.15, 0.2) is 22.7 Å². The molecule has 20 heavy (non-hydrogen) atoms. The third kappa shape index (κ3) is 3.67. The molecule has 0 aliphatic heterocycles. The molecule has 0 saturated heterocycles. The van der Waals surface area contributed by atoms with Crippen LogP contribution in [0.5, 0.6) is 5.75 Å². The molecule has 2 rings (SSSR count). The van der Waals surface area contributed by atoms with Crippen LogP contribution in [0, 0.1) is 5.92 Å². The monoisotopic (exact) mass is 351 g/mol. The third-order valence-electron chi connectivity index (χ3n) is 3.67. The van der Waals surface area contributed by atoms with E-state index in [9.17, 15) is 13.2 Å². The van der Waals surface area contributed by atoms with Gasteiger partial charge in [0.1, 0.15) is 11.9 Å². The molecule has 0 amide bonds. The average Bonchev–Trinajstić information content (AvgIpc) is 2.40. The molecule has 2 N–H and O–H groups in total. The molecule has 6 heteroatoms. The third-order valence-corrected chi connectivity index (χ3v) is 4.16. The first-order valence-corrected chi connectivity index (χ1v) is 7.44. The quantitative estimate of drug-likeness (QED) is 0.877. The van der Waals surface area contributed by atoms with Crippen molar-refractivity contribution in [3.63, 3.8) is 0 Å². The standard InChI is InChI=1S/C14H17BrF3NO/c15-10-5-6-13(11(7-10)14(16,17)18)20-12-4-2-1-3-9(12)8-19/h5-7,9,12H,1-4,8,19H2. The lowest BCUT2D eigenvalue weighted by atomic mass is 9.86. The SMILES string of the molecule is NCC1CCCCC1Oc1ccc(Br)cc1C(F)(F)F. The normalized spacial score (nSPS) is 23.6. The molecule has 1 aliphatic rings. The van der Waals surface area contributed by atoms with E-state index in [4.69, 9.17) is 10.5 Å². The van der Waals surface area contributed by atoms with Crippen LogP contribution in [0.2, 0.25) is 0 Å². The minimum Gasteiger partial charge on any atom is -0.489 e. The Bertz CT molecular complexity index is 464. The van der Waals surface area contributed by atoms with Crippen molar-refractivity contribution in [2.45, 2.75) is 38.0 Å². The first-order chi connectivity index (χ1) is 9.41. The van der Waals surface area contributed by atoms with Crippen LogP contribution in [0.4, 0.5) is 13.2 Å². The number of ether oxygens (including phenoxy) is 1. The van der Waals surface area contributed by atoms with Crippen molar-refractivity contribution in [1.29, 1.82) is 0 Å². The van der Waals surface area contributed by atoms with E-state index in [0.29, 0.717) is 11.0 Å². The van der Waals surface area contributed by atoms with E-state index in [1.807, 2.05) is 0 Å². The molecule has 1 aliphatic carbocycles. The summed E-state index contributed by atoms with van der Waals surface area (Å²) in [5.41, 5.74) is 4.94. The van der Waals surface area contributed by atoms with Gasteiger partial charge in [-0.1, -0.05) is 22.4 Å². The summed E-state index contributed by atoms with van der Waals surface area (Å²) in [6.07, 6.45) is -0.941. The summed E-state index contributed by atoms with van der Waals surface area (Å²) in [6, 6.07) is 3.98. The van der Waals surface area contributed by atoms with E-state index in [2.05, 4.69) is 15.9 Å². The Morgan fingerprint density at radius 1 is 1.25 bits per heavy atom. The minimum absolute atomic E-state index is 0.106. The minimum atomic E-state index is -4.42. The predicted molar refractivity (Wildman–Crippen MR) is 74.6 cm³/mol. The van der Waals surface area contributed by atoms with Gasteiger partial charge in [0.15, 0.2) is 0 Å². The lowest BCUT2D eigenvalue weighted by molar-refractivity contribution is -0.139. The first-order valence-electron chi connectivity index (χ1n) is 6.65. The van der Waals surface area contributed by atoms with E-state index >= 15 is 0 Å². The van der Waals surface area contributed by atoms with Gasteiger partial charge in [-0.15, -0.1) is 0 Å². The Hall–Kier alpha value is -0.750. The predicted octanol–water partition coefficient (Wildman–Crippen LogP) is 4.36. The van der Waals surface area contributed by atoms with Crippen molar-refractivity contribution >= 4 is 15.9 Å². The van der Waals surface area contributed by atoms with Crippen LogP contribution >= 0.6 is 15.9 Å². The Balaban J connectivity index is 2.24. The molecule has 112 valence electrons. The van der Waals surface area contributed by atoms with Crippen LogP contribution in [0.1, 0.15) is 31.2 Å². The highest BCUT2D eigenvalue weighted by Crippen LogP contribution is 2.39. The summed E-state index contributed by atoms with van der Waals surface area (Å²) in [5.74, 6) is 0.0273. The fourth-order valence-electron chi connectivity index (χ4n) is 2.59. The summed E-state index contributed by atoms with van der Waals surface area (Å²) in [6.45, 7) is 0.447. The number of halogens is 4. The van der Waals surface area contributed by atoms with Gasteiger partial charge in [0.25, 0.3) is 0 Å². The summed E-state index contributed by atoms with van der Waals surface area (Å²) in [4.78, 5) is 0. The molecule has 1 aromatic carbocycles. The molecule has 1 saturated carbocycles. The van der Waals surface area contributed by atoms with E-state index in [-0.39, 0.29) is 17.8 Å². The maximum Gasteiger partial charge on any atom is 0.420 e. The highest BCUT2D eigenvalue weighted by molar-refractivity contribution is 9.10. The summed E-state index contributed by atoms with van der Waals surface area (Å²) in [5, 5.41) is 0. The number of rotatable bonds is 3. The first kappa shape index (κ1) is 15.6. The van der Waals surface area contributed by atoms with Crippen LogP contribution < -0.4 is 10.5 Å². The maximum absolute atomic E-state index is 13.0. The van der Waals surface area contributed by atoms with Gasteiger partial charge in [-0.05, 0) is 44.0 Å². The van der Waals surface area contributed by atoms with Crippen LogP contribution in [0.25, 0.3) is 0 Å². The molecule has 0 radical (unpaired) electrons. The molecular formula is C14H17BrF3NO. The Morgan fingerprint density at radius 2 is 1.95 bits per heavy atom. The molecular weight excluding hydrogens is 335 g/mol. The van der Waals surface area contributed by atoms with Crippen molar-refractivity contribution in [1.82, 2.24) is 0 Å². The molecule has 2 unspecified atom stereocenters. The van der Waals surface area contributed by atoms with Crippen LogP contribution in [-0.4, -0.2) is 12.6 Å². The number of nitrogens with two attached hydrogens (primary N) is 1. The highest BCUT2D eigenvalue weighted by atomic mass is 79.9. The van der Waals surface area contributed by atoms with Gasteiger partial charge in [-0.2, -0.15) is 13.2 Å². The summed E-state index contributed by atoms with van der Waals surface area (Å²) < 4.78 is 45.1. The van der Waals surface area contributed by atoms with Crippen LogP contribution in [-0.2, 0) is 6.18 Å². The Kier molecular flexibility index (Phi) is 4.96. The zero-order chi connectivity index (χ0) is 14.8. The Morgan fingerprint density at radius 3 is 2.60 bits per heavy atom. The highest BCUT2D eigenvalue weighted by Gasteiger charge is 2.36. The maximum atomic E-state index is 13.0. The molecule has 1 aromatic rings. The van der Waals surface area contributed by atoms with Crippen molar-refractivity contribution in [2.24, 2.45) is 11.7 Å². The molecule has 0 heterocycles. The number of hydrogen-bond donors (Lipinski definition) is 1. The van der Waals surface area contributed by atoms with Crippen molar-refractivity contribution in [2.75, 3.05) is 6.54 Å². The number of hydrogen-bond acceptors (Lipinski definition) is 2. The van der Waals surface area contributed by atoms with Gasteiger partial charge in [0, 0.05) is 10.4 Å². The van der Waals surface area contributed by atoms with Gasteiger partial charge in [-0.25, -0.2) is 0 Å². The molecule has 2 atom stereocenters. The molecule has 0 spiro atoms. The van der Waals surface area contributed by atoms with Gasteiger partial charge >= 0.3 is 6.18 Å². The zero-order valence-corrected chi connectivity index (χ0v) is 12.5. The lowest BCUT2D eigenvalue weighted by Crippen LogP contribution is -2.35. The van der Waals surface area contributed by atoms with Crippen molar-refractivity contribution in [3.8, 4) is 5.75 Å². The van der Waals surface area contributed by atoms with E-state index in [0.717, 1.165) is 31.7 Å². The topological polar surface area (TPSA) is 35.2 Å². The molecule has 1 fully saturated rings. The van der Waals surface area contributed by atoms with Gasteiger partial charge in [0.2, 0.25) is 0 Å². The van der Waals surface area contributed by atoms with Crippen molar-refractivity contribution in [3.05, 3.63) is 28.2 Å². The smallest absolute Gasteiger partial charge is 0.420 e. The van der Waals surface area contributed by atoms with Gasteiger partial charge in [0.05, 0.1) is 5.56 Å².